The normalized spacial score (nSPS) is 16.4. The molecule has 2 aromatic carbocycles. The van der Waals surface area contributed by atoms with Gasteiger partial charge in [0.05, 0.1) is 0 Å². The van der Waals surface area contributed by atoms with Crippen LogP contribution in [-0.2, 0) is 17.8 Å². The minimum atomic E-state index is -0.285. The molecule has 1 aliphatic rings. The van der Waals surface area contributed by atoms with Crippen LogP contribution in [0.3, 0.4) is 0 Å². The molecule has 2 aromatic rings. The highest BCUT2D eigenvalue weighted by Crippen LogP contribution is 2.19. The molecule has 0 spiro atoms. The first-order valence-corrected chi connectivity index (χ1v) is 9.18. The number of likely N-dealkylation sites (tertiary alicyclic amines) is 1. The Morgan fingerprint density at radius 2 is 1.78 bits per heavy atom. The van der Waals surface area contributed by atoms with Crippen LogP contribution in [0.5, 0.6) is 0 Å². The third-order valence-corrected chi connectivity index (χ3v) is 4.67. The van der Waals surface area contributed by atoms with Gasteiger partial charge < -0.3 is 15.5 Å². The molecule has 142 valence electrons. The fourth-order valence-corrected chi connectivity index (χ4v) is 3.22. The van der Waals surface area contributed by atoms with E-state index in [1.807, 2.05) is 30.3 Å². The summed E-state index contributed by atoms with van der Waals surface area (Å²) in [7, 11) is 0. The van der Waals surface area contributed by atoms with Crippen molar-refractivity contribution < 1.29 is 14.0 Å². The van der Waals surface area contributed by atoms with Crippen LogP contribution >= 0.6 is 0 Å². The second kappa shape index (κ2) is 9.16. The molecule has 6 heteroatoms. The topological polar surface area (TPSA) is 61.4 Å². The first-order valence-electron chi connectivity index (χ1n) is 9.18. The smallest absolute Gasteiger partial charge is 0.314 e. The number of carbonyl (C=O) groups excluding carboxylic acids is 2. The number of nitrogens with zero attached hydrogens (tertiary/aromatic N) is 1. The van der Waals surface area contributed by atoms with E-state index in [0.29, 0.717) is 32.6 Å². The summed E-state index contributed by atoms with van der Waals surface area (Å²) in [5.74, 6) is -0.125. The molecule has 1 atom stereocenters. The van der Waals surface area contributed by atoms with Crippen molar-refractivity contribution in [3.8, 4) is 0 Å². The summed E-state index contributed by atoms with van der Waals surface area (Å²) >= 11 is 0. The summed E-state index contributed by atoms with van der Waals surface area (Å²) in [6, 6.07) is 15.9. The Bertz CT molecular complexity index is 765. The van der Waals surface area contributed by atoms with E-state index in [1.54, 1.807) is 17.0 Å². The van der Waals surface area contributed by atoms with Crippen LogP contribution < -0.4 is 10.6 Å². The third-order valence-electron chi connectivity index (χ3n) is 4.67. The zero-order chi connectivity index (χ0) is 19.1. The zero-order valence-corrected chi connectivity index (χ0v) is 15.2. The van der Waals surface area contributed by atoms with E-state index >= 15 is 0 Å². The predicted molar refractivity (Wildman–Crippen MR) is 101 cm³/mol. The Balaban J connectivity index is 1.36. The molecular formula is C21H24FN3O2. The maximum atomic E-state index is 13.0. The average molecular weight is 369 g/mol. The Morgan fingerprint density at radius 1 is 1.04 bits per heavy atom. The standard InChI is InChI=1S/C21H24FN3O2/c22-19-8-6-17(7-9-19)14-25-15-18(12-20(25)26)13-24-21(27)23-11-10-16-4-2-1-3-5-16/h1-9,18H,10-15H2,(H2,23,24,27)/t18-/m1/s1. The number of hydrogen-bond acceptors (Lipinski definition) is 2. The van der Waals surface area contributed by atoms with Crippen LogP contribution in [0.2, 0.25) is 0 Å². The van der Waals surface area contributed by atoms with Gasteiger partial charge in [-0.1, -0.05) is 42.5 Å². The lowest BCUT2D eigenvalue weighted by molar-refractivity contribution is -0.128. The van der Waals surface area contributed by atoms with Crippen LogP contribution in [0, 0.1) is 11.7 Å². The van der Waals surface area contributed by atoms with Crippen LogP contribution in [0.25, 0.3) is 0 Å². The number of rotatable bonds is 7. The highest BCUT2D eigenvalue weighted by Gasteiger charge is 2.29. The molecule has 0 bridgehead atoms. The minimum absolute atomic E-state index is 0.0654. The first kappa shape index (κ1) is 18.9. The van der Waals surface area contributed by atoms with Crippen molar-refractivity contribution in [1.82, 2.24) is 15.5 Å². The highest BCUT2D eigenvalue weighted by molar-refractivity contribution is 5.79. The second-order valence-corrected chi connectivity index (χ2v) is 6.84. The van der Waals surface area contributed by atoms with Gasteiger partial charge in [-0.05, 0) is 29.7 Å². The van der Waals surface area contributed by atoms with E-state index in [4.69, 9.17) is 0 Å². The van der Waals surface area contributed by atoms with Crippen LogP contribution in [0.15, 0.2) is 54.6 Å². The summed E-state index contributed by atoms with van der Waals surface area (Å²) < 4.78 is 13.0. The molecule has 3 amide bonds. The van der Waals surface area contributed by atoms with E-state index in [2.05, 4.69) is 10.6 Å². The quantitative estimate of drug-likeness (QED) is 0.788. The summed E-state index contributed by atoms with van der Waals surface area (Å²) in [5.41, 5.74) is 2.08. The Kier molecular flexibility index (Phi) is 6.41. The van der Waals surface area contributed by atoms with E-state index in [-0.39, 0.29) is 23.7 Å². The maximum absolute atomic E-state index is 13.0. The summed E-state index contributed by atoms with van der Waals surface area (Å²) in [4.78, 5) is 25.8. The Morgan fingerprint density at radius 3 is 2.52 bits per heavy atom. The molecule has 0 saturated carbocycles. The molecule has 1 fully saturated rings. The molecule has 0 radical (unpaired) electrons. The van der Waals surface area contributed by atoms with Crippen molar-refractivity contribution >= 4 is 11.9 Å². The van der Waals surface area contributed by atoms with Gasteiger partial charge in [-0.3, -0.25) is 4.79 Å². The average Bonchev–Trinajstić information content (AvgIpc) is 3.02. The molecule has 0 aromatic heterocycles. The van der Waals surface area contributed by atoms with Crippen molar-refractivity contribution in [1.29, 1.82) is 0 Å². The van der Waals surface area contributed by atoms with E-state index in [0.717, 1.165) is 12.0 Å². The molecule has 1 aliphatic heterocycles. The van der Waals surface area contributed by atoms with Gasteiger partial charge in [0.2, 0.25) is 5.91 Å². The summed E-state index contributed by atoms with van der Waals surface area (Å²) in [5, 5.41) is 5.68. The molecule has 1 heterocycles. The van der Waals surface area contributed by atoms with Crippen molar-refractivity contribution in [3.63, 3.8) is 0 Å². The third kappa shape index (κ3) is 5.81. The number of benzene rings is 2. The van der Waals surface area contributed by atoms with Crippen molar-refractivity contribution in [2.75, 3.05) is 19.6 Å². The largest absolute Gasteiger partial charge is 0.338 e. The van der Waals surface area contributed by atoms with E-state index < -0.39 is 0 Å². The van der Waals surface area contributed by atoms with Crippen LogP contribution in [-0.4, -0.2) is 36.5 Å². The number of nitrogens with one attached hydrogen (secondary N) is 2. The van der Waals surface area contributed by atoms with Gasteiger partial charge >= 0.3 is 6.03 Å². The number of amides is 3. The minimum Gasteiger partial charge on any atom is -0.338 e. The lowest BCUT2D eigenvalue weighted by atomic mass is 10.1. The van der Waals surface area contributed by atoms with Crippen molar-refractivity contribution in [2.24, 2.45) is 5.92 Å². The van der Waals surface area contributed by atoms with Gasteiger partial charge in [0.15, 0.2) is 0 Å². The van der Waals surface area contributed by atoms with Gasteiger partial charge in [0.25, 0.3) is 0 Å². The fraction of sp³-hybridized carbons (Fsp3) is 0.333. The summed E-state index contributed by atoms with van der Waals surface area (Å²) in [6.45, 7) is 2.10. The van der Waals surface area contributed by atoms with Crippen LogP contribution in [0.4, 0.5) is 9.18 Å². The van der Waals surface area contributed by atoms with Gasteiger partial charge in [-0.15, -0.1) is 0 Å². The lowest BCUT2D eigenvalue weighted by Crippen LogP contribution is -2.39. The monoisotopic (exact) mass is 369 g/mol. The molecular weight excluding hydrogens is 345 g/mol. The molecule has 0 unspecified atom stereocenters. The molecule has 2 N–H and O–H groups in total. The first-order chi connectivity index (χ1) is 13.1. The van der Waals surface area contributed by atoms with E-state index in [1.165, 1.54) is 17.7 Å². The lowest BCUT2D eigenvalue weighted by Gasteiger charge is -2.17. The van der Waals surface area contributed by atoms with Crippen molar-refractivity contribution in [3.05, 3.63) is 71.5 Å². The number of urea groups is 1. The second-order valence-electron chi connectivity index (χ2n) is 6.84. The van der Waals surface area contributed by atoms with Gasteiger partial charge in [0.1, 0.15) is 5.82 Å². The molecule has 0 aliphatic carbocycles. The SMILES string of the molecule is O=C(NCCc1ccccc1)NC[C@H]1CC(=O)N(Cc2ccc(F)cc2)C1. The van der Waals surface area contributed by atoms with Crippen molar-refractivity contribution in [2.45, 2.75) is 19.4 Å². The molecule has 1 saturated heterocycles. The molecule has 27 heavy (non-hydrogen) atoms. The van der Waals surface area contributed by atoms with Gasteiger partial charge in [-0.25, -0.2) is 9.18 Å². The van der Waals surface area contributed by atoms with Crippen LogP contribution in [0.1, 0.15) is 17.5 Å². The Hall–Kier alpha value is -2.89. The number of carbonyl (C=O) groups is 2. The molecule has 3 rings (SSSR count). The predicted octanol–water partition coefficient (Wildman–Crippen LogP) is 2.72. The summed E-state index contributed by atoms with van der Waals surface area (Å²) in [6.07, 6.45) is 1.20. The Labute approximate surface area is 158 Å². The zero-order valence-electron chi connectivity index (χ0n) is 15.2. The highest BCUT2D eigenvalue weighted by atomic mass is 19.1. The molecule has 5 nitrogen and oxygen atoms in total. The van der Waals surface area contributed by atoms with Gasteiger partial charge in [0, 0.05) is 38.5 Å². The van der Waals surface area contributed by atoms with Gasteiger partial charge in [-0.2, -0.15) is 0 Å². The maximum Gasteiger partial charge on any atom is 0.314 e. The number of hydrogen-bond donors (Lipinski definition) is 2. The fourth-order valence-electron chi connectivity index (χ4n) is 3.22. The van der Waals surface area contributed by atoms with E-state index in [9.17, 15) is 14.0 Å². The number of halogens is 1.